The molecule has 1 unspecified atom stereocenters. The molecule has 0 aromatic carbocycles. The fourth-order valence-electron chi connectivity index (χ4n) is 2.41. The first kappa shape index (κ1) is 13.3. The van der Waals surface area contributed by atoms with Crippen molar-refractivity contribution in [3.05, 3.63) is 22.9 Å². The molecule has 1 aliphatic rings. The molecule has 0 amide bonds. The molecule has 0 saturated carbocycles. The second-order valence-electron chi connectivity index (χ2n) is 5.98. The van der Waals surface area contributed by atoms with Gasteiger partial charge in [0.25, 0.3) is 0 Å². The van der Waals surface area contributed by atoms with Crippen LogP contribution in [0.25, 0.3) is 0 Å². The van der Waals surface area contributed by atoms with E-state index in [1.807, 2.05) is 0 Å². The van der Waals surface area contributed by atoms with E-state index in [2.05, 4.69) is 47.6 Å². The minimum Gasteiger partial charge on any atom is -0.399 e. The topological polar surface area (TPSA) is 26.0 Å². The smallest absolute Gasteiger partial charge is 0.0340 e. The van der Waals surface area contributed by atoms with Crippen molar-refractivity contribution in [1.82, 2.24) is 0 Å². The zero-order chi connectivity index (χ0) is 12.5. The third kappa shape index (κ3) is 2.69. The van der Waals surface area contributed by atoms with E-state index >= 15 is 0 Å². The van der Waals surface area contributed by atoms with Gasteiger partial charge in [0.2, 0.25) is 0 Å². The fourth-order valence-corrected chi connectivity index (χ4v) is 2.41. The van der Waals surface area contributed by atoms with Gasteiger partial charge in [-0.3, -0.25) is 0 Å². The van der Waals surface area contributed by atoms with Crippen molar-refractivity contribution < 1.29 is 0 Å². The highest BCUT2D eigenvalue weighted by Crippen LogP contribution is 2.36. The Balaban J connectivity index is 3.10. The normalized spacial score (nSPS) is 22.3. The summed E-state index contributed by atoms with van der Waals surface area (Å²) in [4.78, 5) is 0. The molecule has 1 rings (SSSR count). The van der Waals surface area contributed by atoms with Crippen LogP contribution in [0.3, 0.4) is 0 Å². The summed E-state index contributed by atoms with van der Waals surface area (Å²) in [6.45, 7) is 13.6. The lowest BCUT2D eigenvalue weighted by Gasteiger charge is -2.31. The Bertz CT molecular complexity index is 305. The highest BCUT2D eigenvalue weighted by Gasteiger charge is 2.25. The quantitative estimate of drug-likeness (QED) is 0.762. The lowest BCUT2D eigenvalue weighted by molar-refractivity contribution is 0.432. The highest BCUT2D eigenvalue weighted by atomic mass is 14.6. The summed E-state index contributed by atoms with van der Waals surface area (Å²) < 4.78 is 0. The lowest BCUT2D eigenvalue weighted by atomic mass is 9.76. The number of allylic oxidation sites excluding steroid dienone is 3. The zero-order valence-corrected chi connectivity index (χ0v) is 11.7. The minimum absolute atomic E-state index is 0.537. The maximum Gasteiger partial charge on any atom is 0.0340 e. The van der Waals surface area contributed by atoms with Crippen LogP contribution in [0.15, 0.2) is 22.9 Å². The fraction of sp³-hybridized carbons (Fsp3) is 0.733. The van der Waals surface area contributed by atoms with Gasteiger partial charge in [-0.1, -0.05) is 47.6 Å². The second kappa shape index (κ2) is 5.07. The highest BCUT2D eigenvalue weighted by molar-refractivity contribution is 5.39. The van der Waals surface area contributed by atoms with Gasteiger partial charge in [0.15, 0.2) is 0 Å². The summed E-state index contributed by atoms with van der Waals surface area (Å²) in [5.41, 5.74) is 10.2. The summed E-state index contributed by atoms with van der Waals surface area (Å²) in [7, 11) is 0. The molecule has 0 radical (unpaired) electrons. The number of nitrogens with two attached hydrogens (primary N) is 1. The van der Waals surface area contributed by atoms with E-state index in [-0.39, 0.29) is 0 Å². The van der Waals surface area contributed by atoms with Crippen LogP contribution >= 0.6 is 0 Å². The van der Waals surface area contributed by atoms with E-state index in [0.29, 0.717) is 23.7 Å². The van der Waals surface area contributed by atoms with Gasteiger partial charge in [0.05, 0.1) is 0 Å². The van der Waals surface area contributed by atoms with Gasteiger partial charge >= 0.3 is 0 Å². The van der Waals surface area contributed by atoms with Crippen LogP contribution in [0.2, 0.25) is 0 Å². The lowest BCUT2D eigenvalue weighted by Crippen LogP contribution is -2.22. The Morgan fingerprint density at radius 1 is 1.06 bits per heavy atom. The number of rotatable bonds is 3. The molecule has 0 heterocycles. The average Bonchev–Trinajstić information content (AvgIpc) is 2.16. The van der Waals surface area contributed by atoms with Crippen LogP contribution in [-0.2, 0) is 0 Å². The van der Waals surface area contributed by atoms with E-state index in [9.17, 15) is 0 Å². The standard InChI is InChI=1S/C15H27N/c1-9(2)12-7-13(10(3)4)15(16)14(8-12)11(5)6/h7,9-12H,8,16H2,1-6H3. The van der Waals surface area contributed by atoms with E-state index < -0.39 is 0 Å². The van der Waals surface area contributed by atoms with Crippen LogP contribution < -0.4 is 5.73 Å². The molecular formula is C15H27N. The second-order valence-corrected chi connectivity index (χ2v) is 5.98. The molecule has 92 valence electrons. The van der Waals surface area contributed by atoms with Crippen LogP contribution in [0.5, 0.6) is 0 Å². The van der Waals surface area contributed by atoms with Crippen LogP contribution in [0, 0.1) is 23.7 Å². The molecule has 1 nitrogen and oxygen atoms in total. The van der Waals surface area contributed by atoms with Crippen molar-refractivity contribution in [1.29, 1.82) is 0 Å². The molecular weight excluding hydrogens is 194 g/mol. The minimum atomic E-state index is 0.537. The van der Waals surface area contributed by atoms with Crippen molar-refractivity contribution in [3.8, 4) is 0 Å². The first-order valence-electron chi connectivity index (χ1n) is 6.55. The van der Waals surface area contributed by atoms with E-state index in [1.165, 1.54) is 11.1 Å². The van der Waals surface area contributed by atoms with Gasteiger partial charge in [-0.15, -0.1) is 0 Å². The van der Waals surface area contributed by atoms with Gasteiger partial charge in [-0.05, 0) is 41.2 Å². The van der Waals surface area contributed by atoms with Crippen molar-refractivity contribution in [3.63, 3.8) is 0 Å². The predicted molar refractivity (Wildman–Crippen MR) is 71.9 cm³/mol. The maximum absolute atomic E-state index is 6.30. The Morgan fingerprint density at radius 2 is 1.62 bits per heavy atom. The molecule has 0 aromatic rings. The first-order valence-corrected chi connectivity index (χ1v) is 6.55. The first-order chi connectivity index (χ1) is 7.34. The molecule has 1 aliphatic carbocycles. The molecule has 0 aromatic heterocycles. The molecule has 2 N–H and O–H groups in total. The monoisotopic (exact) mass is 221 g/mol. The van der Waals surface area contributed by atoms with Gasteiger partial charge in [-0.2, -0.15) is 0 Å². The maximum atomic E-state index is 6.30. The predicted octanol–water partition coefficient (Wildman–Crippen LogP) is 4.11. The van der Waals surface area contributed by atoms with Crippen LogP contribution in [0.1, 0.15) is 48.0 Å². The largest absolute Gasteiger partial charge is 0.399 e. The molecule has 0 bridgehead atoms. The van der Waals surface area contributed by atoms with Crippen molar-refractivity contribution in [2.75, 3.05) is 0 Å². The van der Waals surface area contributed by atoms with E-state index in [0.717, 1.165) is 12.1 Å². The van der Waals surface area contributed by atoms with E-state index in [1.54, 1.807) is 0 Å². The zero-order valence-electron chi connectivity index (χ0n) is 11.7. The molecule has 1 atom stereocenters. The Kier molecular flexibility index (Phi) is 4.23. The van der Waals surface area contributed by atoms with Gasteiger partial charge in [0, 0.05) is 5.70 Å². The third-order valence-corrected chi connectivity index (χ3v) is 3.68. The number of hydrogen-bond acceptors (Lipinski definition) is 1. The van der Waals surface area contributed by atoms with Crippen molar-refractivity contribution in [2.24, 2.45) is 29.4 Å². The summed E-state index contributed by atoms with van der Waals surface area (Å²) in [5, 5.41) is 0. The summed E-state index contributed by atoms with van der Waals surface area (Å²) in [6.07, 6.45) is 3.56. The van der Waals surface area contributed by atoms with Gasteiger partial charge < -0.3 is 5.73 Å². The van der Waals surface area contributed by atoms with Crippen molar-refractivity contribution >= 4 is 0 Å². The van der Waals surface area contributed by atoms with Gasteiger partial charge in [0.1, 0.15) is 0 Å². The third-order valence-electron chi connectivity index (χ3n) is 3.68. The van der Waals surface area contributed by atoms with Crippen molar-refractivity contribution in [2.45, 2.75) is 48.0 Å². The Labute approximate surface area is 101 Å². The van der Waals surface area contributed by atoms with Gasteiger partial charge in [-0.25, -0.2) is 0 Å². The van der Waals surface area contributed by atoms with Crippen LogP contribution in [0.4, 0.5) is 0 Å². The molecule has 16 heavy (non-hydrogen) atoms. The molecule has 0 fully saturated rings. The summed E-state index contributed by atoms with van der Waals surface area (Å²) in [5.74, 6) is 2.48. The Morgan fingerprint density at radius 3 is 2.00 bits per heavy atom. The SMILES string of the molecule is CC(C)C1=CC(C(C)C)CC(C(C)C)=C1N. The molecule has 0 aliphatic heterocycles. The average molecular weight is 221 g/mol. The number of hydrogen-bond donors (Lipinski definition) is 1. The molecule has 0 spiro atoms. The van der Waals surface area contributed by atoms with Crippen LogP contribution in [-0.4, -0.2) is 0 Å². The Hall–Kier alpha value is -0.720. The molecule has 1 heteroatoms. The summed E-state index contributed by atoms with van der Waals surface area (Å²) in [6, 6.07) is 0. The van der Waals surface area contributed by atoms with E-state index in [4.69, 9.17) is 5.73 Å². The molecule has 0 saturated heterocycles. The summed E-state index contributed by atoms with van der Waals surface area (Å²) >= 11 is 0.